The lowest BCUT2D eigenvalue weighted by Crippen LogP contribution is -2.44. The van der Waals surface area contributed by atoms with E-state index in [2.05, 4.69) is 50.4 Å². The summed E-state index contributed by atoms with van der Waals surface area (Å²) in [6, 6.07) is 15.6. The molecule has 0 saturated heterocycles. The average Bonchev–Trinajstić information content (AvgIpc) is 3.02. The molecule has 29 heavy (non-hydrogen) atoms. The van der Waals surface area contributed by atoms with Gasteiger partial charge in [-0.3, -0.25) is 0 Å². The van der Waals surface area contributed by atoms with Crippen molar-refractivity contribution in [1.82, 2.24) is 5.32 Å². The topological polar surface area (TPSA) is 64.6 Å². The number of hydrogen-bond donors (Lipinski definition) is 1. The highest BCUT2D eigenvalue weighted by Crippen LogP contribution is 2.44. The number of carbonyl (C=O) groups excluding carboxylic acids is 2. The van der Waals surface area contributed by atoms with Gasteiger partial charge in [0.05, 0.1) is 7.11 Å². The molecule has 1 aliphatic rings. The van der Waals surface area contributed by atoms with Crippen LogP contribution in [0.3, 0.4) is 0 Å². The van der Waals surface area contributed by atoms with Crippen molar-refractivity contribution in [2.24, 2.45) is 0 Å². The van der Waals surface area contributed by atoms with E-state index in [-0.39, 0.29) is 17.3 Å². The van der Waals surface area contributed by atoms with Crippen molar-refractivity contribution in [3.8, 4) is 11.1 Å². The molecule has 0 heterocycles. The Morgan fingerprint density at radius 1 is 1.03 bits per heavy atom. The van der Waals surface area contributed by atoms with E-state index in [4.69, 9.17) is 9.47 Å². The molecule has 2 aromatic carbocycles. The highest BCUT2D eigenvalue weighted by Gasteiger charge is 2.30. The van der Waals surface area contributed by atoms with E-state index < -0.39 is 18.1 Å². The van der Waals surface area contributed by atoms with Crippen molar-refractivity contribution >= 4 is 23.8 Å². The summed E-state index contributed by atoms with van der Waals surface area (Å²) >= 11 is 1.58. The maximum absolute atomic E-state index is 12.4. The Morgan fingerprint density at radius 2 is 1.59 bits per heavy atom. The molecule has 6 heteroatoms. The highest BCUT2D eigenvalue weighted by atomic mass is 32.2. The van der Waals surface area contributed by atoms with E-state index in [1.165, 1.54) is 18.2 Å². The van der Waals surface area contributed by atoms with E-state index in [0.29, 0.717) is 5.75 Å². The van der Waals surface area contributed by atoms with Gasteiger partial charge in [0, 0.05) is 16.4 Å². The van der Waals surface area contributed by atoms with E-state index in [9.17, 15) is 9.59 Å². The van der Waals surface area contributed by atoms with Crippen molar-refractivity contribution in [2.45, 2.75) is 37.5 Å². The number of methoxy groups -OCH3 is 1. The predicted octanol–water partition coefficient (Wildman–Crippen LogP) is 4.60. The zero-order valence-corrected chi connectivity index (χ0v) is 18.0. The molecule has 5 nitrogen and oxygen atoms in total. The molecular weight excluding hydrogens is 386 g/mol. The van der Waals surface area contributed by atoms with Crippen LogP contribution in [0, 0.1) is 0 Å². The Kier molecular flexibility index (Phi) is 6.52. The van der Waals surface area contributed by atoms with Gasteiger partial charge in [-0.15, -0.1) is 0 Å². The average molecular weight is 414 g/mol. The minimum absolute atomic E-state index is 0.0197. The molecule has 0 spiro atoms. The van der Waals surface area contributed by atoms with Gasteiger partial charge in [0.1, 0.15) is 12.6 Å². The van der Waals surface area contributed by atoms with E-state index in [1.807, 2.05) is 24.3 Å². The minimum atomic E-state index is -0.750. The van der Waals surface area contributed by atoms with Gasteiger partial charge in [-0.05, 0) is 22.3 Å². The summed E-state index contributed by atoms with van der Waals surface area (Å²) in [6.45, 7) is 6.37. The van der Waals surface area contributed by atoms with Gasteiger partial charge in [0.25, 0.3) is 0 Å². The number of carbonyl (C=O) groups is 2. The molecule has 0 bridgehead atoms. The molecule has 1 N–H and O–H groups in total. The summed E-state index contributed by atoms with van der Waals surface area (Å²) in [7, 11) is 1.32. The van der Waals surface area contributed by atoms with Crippen molar-refractivity contribution in [3.05, 3.63) is 59.7 Å². The van der Waals surface area contributed by atoms with Crippen LogP contribution in [0.2, 0.25) is 0 Å². The van der Waals surface area contributed by atoms with Crippen LogP contribution in [0.1, 0.15) is 37.8 Å². The fourth-order valence-electron chi connectivity index (χ4n) is 3.43. The van der Waals surface area contributed by atoms with Crippen molar-refractivity contribution < 1.29 is 19.1 Å². The molecule has 1 atom stereocenters. The van der Waals surface area contributed by atoms with Crippen molar-refractivity contribution in [3.63, 3.8) is 0 Å². The maximum atomic E-state index is 12.4. The molecule has 0 aliphatic heterocycles. The summed E-state index contributed by atoms with van der Waals surface area (Å²) in [6.07, 6.45) is -0.614. The fraction of sp³-hybridized carbons (Fsp3) is 0.391. The molecule has 0 aromatic heterocycles. The molecule has 1 aliphatic carbocycles. The molecule has 0 unspecified atom stereocenters. The van der Waals surface area contributed by atoms with Gasteiger partial charge in [-0.25, -0.2) is 9.59 Å². The number of benzene rings is 2. The Morgan fingerprint density at radius 3 is 2.10 bits per heavy atom. The molecule has 0 saturated carbocycles. The van der Waals surface area contributed by atoms with E-state index >= 15 is 0 Å². The second-order valence-corrected chi connectivity index (χ2v) is 9.82. The first kappa shape index (κ1) is 21.2. The number of esters is 1. The largest absolute Gasteiger partial charge is 0.467 e. The Bertz CT molecular complexity index is 845. The number of alkyl carbamates (subject to hydrolysis) is 1. The van der Waals surface area contributed by atoms with Crippen LogP contribution in [0.5, 0.6) is 0 Å². The Hall–Kier alpha value is -2.47. The lowest BCUT2D eigenvalue weighted by Gasteiger charge is -2.22. The SMILES string of the molecule is COC(=O)[C@H](CSC(C)(C)C)NC(=O)OCC1c2ccccc2-c2ccccc21. The van der Waals surface area contributed by atoms with E-state index in [1.54, 1.807) is 11.8 Å². The van der Waals surface area contributed by atoms with Crippen LogP contribution < -0.4 is 5.32 Å². The van der Waals surface area contributed by atoms with Crippen LogP contribution in [-0.2, 0) is 14.3 Å². The molecule has 3 rings (SSSR count). The van der Waals surface area contributed by atoms with Crippen LogP contribution in [0.15, 0.2) is 48.5 Å². The smallest absolute Gasteiger partial charge is 0.407 e. The fourth-order valence-corrected chi connectivity index (χ4v) is 4.31. The highest BCUT2D eigenvalue weighted by molar-refractivity contribution is 8.00. The summed E-state index contributed by atoms with van der Waals surface area (Å²) in [5, 5.41) is 2.66. The summed E-state index contributed by atoms with van der Waals surface area (Å²) in [5.41, 5.74) is 4.64. The normalized spacial score (nSPS) is 13.9. The lowest BCUT2D eigenvalue weighted by atomic mass is 9.98. The summed E-state index contributed by atoms with van der Waals surface area (Å²) in [5.74, 6) is -0.0793. The quantitative estimate of drug-likeness (QED) is 0.701. The van der Waals surface area contributed by atoms with Gasteiger partial charge >= 0.3 is 12.1 Å². The summed E-state index contributed by atoms with van der Waals surface area (Å²) in [4.78, 5) is 24.5. The molecule has 1 amide bonds. The second kappa shape index (κ2) is 8.91. The molecular formula is C23H27NO4S. The van der Waals surface area contributed by atoms with Crippen LogP contribution in [0.25, 0.3) is 11.1 Å². The number of hydrogen-bond acceptors (Lipinski definition) is 5. The predicted molar refractivity (Wildman–Crippen MR) is 116 cm³/mol. The maximum Gasteiger partial charge on any atom is 0.407 e. The number of amides is 1. The Labute approximate surface area is 176 Å². The number of fused-ring (bicyclic) bond motifs is 3. The molecule has 154 valence electrons. The van der Waals surface area contributed by atoms with Gasteiger partial charge in [0.2, 0.25) is 0 Å². The van der Waals surface area contributed by atoms with Gasteiger partial charge in [-0.1, -0.05) is 69.3 Å². The van der Waals surface area contributed by atoms with Crippen molar-refractivity contribution in [1.29, 1.82) is 0 Å². The van der Waals surface area contributed by atoms with Crippen LogP contribution in [0.4, 0.5) is 4.79 Å². The monoisotopic (exact) mass is 413 g/mol. The lowest BCUT2D eigenvalue weighted by molar-refractivity contribution is -0.142. The molecule has 0 fully saturated rings. The first-order valence-corrected chi connectivity index (χ1v) is 10.6. The number of rotatable bonds is 6. The van der Waals surface area contributed by atoms with E-state index in [0.717, 1.165) is 11.1 Å². The zero-order valence-electron chi connectivity index (χ0n) is 17.2. The number of nitrogens with one attached hydrogen (secondary N) is 1. The third-order valence-electron chi connectivity index (χ3n) is 4.80. The van der Waals surface area contributed by atoms with Crippen LogP contribution >= 0.6 is 11.8 Å². The number of ether oxygens (including phenoxy) is 2. The third kappa shape index (κ3) is 5.12. The van der Waals surface area contributed by atoms with Gasteiger partial charge < -0.3 is 14.8 Å². The first-order chi connectivity index (χ1) is 13.8. The van der Waals surface area contributed by atoms with Gasteiger partial charge in [-0.2, -0.15) is 11.8 Å². The van der Waals surface area contributed by atoms with Crippen molar-refractivity contribution in [2.75, 3.05) is 19.5 Å². The second-order valence-electron chi connectivity index (χ2n) is 7.97. The number of thioether (sulfide) groups is 1. The minimum Gasteiger partial charge on any atom is -0.467 e. The standard InChI is InChI=1S/C23H27NO4S/c1-23(2,3)29-14-20(21(25)27-4)24-22(26)28-13-19-17-11-7-5-9-15(17)16-10-6-8-12-18(16)19/h5-12,19-20H,13-14H2,1-4H3,(H,24,26)/t20-/m0/s1. The molecule has 0 radical (unpaired) electrons. The molecule has 2 aromatic rings. The third-order valence-corrected chi connectivity index (χ3v) is 6.17. The zero-order chi connectivity index (χ0) is 21.0. The van der Waals surface area contributed by atoms with Crippen LogP contribution in [-0.4, -0.2) is 42.3 Å². The first-order valence-electron chi connectivity index (χ1n) is 9.63. The Balaban J connectivity index is 1.66. The van der Waals surface area contributed by atoms with Gasteiger partial charge in [0.15, 0.2) is 0 Å². The summed E-state index contributed by atoms with van der Waals surface area (Å²) < 4.78 is 10.3.